The first-order valence-electron chi connectivity index (χ1n) is 8.18. The standard InChI is InChI=1S/C20H23FO5/c1-19(2,3)26-20(17(22)23,18(24)25)12-13-4-6-14(7-5-13)15-8-10-16(21)11-9-15/h4-11,17,22-23H,12H2,1-3H3,(H,24,25). The van der Waals surface area contributed by atoms with Crippen LogP contribution in [-0.2, 0) is 16.0 Å². The van der Waals surface area contributed by atoms with Crippen molar-refractivity contribution in [1.29, 1.82) is 0 Å². The Hall–Kier alpha value is -2.28. The highest BCUT2D eigenvalue weighted by atomic mass is 19.1. The lowest BCUT2D eigenvalue weighted by Gasteiger charge is -2.37. The molecule has 2 aromatic carbocycles. The van der Waals surface area contributed by atoms with E-state index in [2.05, 4.69) is 0 Å². The summed E-state index contributed by atoms with van der Waals surface area (Å²) in [5, 5.41) is 29.1. The largest absolute Gasteiger partial charge is 0.479 e. The number of hydrogen-bond acceptors (Lipinski definition) is 4. The van der Waals surface area contributed by atoms with E-state index in [0.717, 1.165) is 11.1 Å². The zero-order chi connectivity index (χ0) is 19.5. The second-order valence-corrected chi connectivity index (χ2v) is 7.16. The third-order valence-electron chi connectivity index (χ3n) is 3.87. The van der Waals surface area contributed by atoms with Crippen LogP contribution >= 0.6 is 0 Å². The Morgan fingerprint density at radius 2 is 1.46 bits per heavy atom. The van der Waals surface area contributed by atoms with Gasteiger partial charge in [-0.2, -0.15) is 0 Å². The van der Waals surface area contributed by atoms with Crippen LogP contribution in [-0.4, -0.2) is 38.8 Å². The van der Waals surface area contributed by atoms with Crippen molar-refractivity contribution in [2.75, 3.05) is 0 Å². The quantitative estimate of drug-likeness (QED) is 0.688. The first kappa shape index (κ1) is 20.0. The molecule has 5 nitrogen and oxygen atoms in total. The summed E-state index contributed by atoms with van der Waals surface area (Å²) < 4.78 is 18.6. The van der Waals surface area contributed by atoms with E-state index in [4.69, 9.17) is 4.74 Å². The van der Waals surface area contributed by atoms with Crippen LogP contribution in [0.1, 0.15) is 26.3 Å². The van der Waals surface area contributed by atoms with Crippen molar-refractivity contribution in [3.05, 3.63) is 59.9 Å². The minimum Gasteiger partial charge on any atom is -0.479 e. The zero-order valence-corrected chi connectivity index (χ0v) is 14.9. The van der Waals surface area contributed by atoms with Crippen molar-refractivity contribution in [3.63, 3.8) is 0 Å². The zero-order valence-electron chi connectivity index (χ0n) is 14.9. The first-order valence-corrected chi connectivity index (χ1v) is 8.18. The van der Waals surface area contributed by atoms with Crippen molar-refractivity contribution in [2.24, 2.45) is 0 Å². The predicted molar refractivity (Wildman–Crippen MR) is 95.0 cm³/mol. The molecular formula is C20H23FO5. The van der Waals surface area contributed by atoms with Crippen LogP contribution in [0.2, 0.25) is 0 Å². The molecule has 0 saturated heterocycles. The summed E-state index contributed by atoms with van der Waals surface area (Å²) in [7, 11) is 0. The van der Waals surface area contributed by atoms with Crippen molar-refractivity contribution in [2.45, 2.75) is 44.7 Å². The maximum atomic E-state index is 13.0. The topological polar surface area (TPSA) is 87.0 Å². The minimum atomic E-state index is -2.20. The molecular weight excluding hydrogens is 339 g/mol. The monoisotopic (exact) mass is 362 g/mol. The number of carboxylic acid groups (broad SMARTS) is 1. The van der Waals surface area contributed by atoms with E-state index < -0.39 is 23.5 Å². The Kier molecular flexibility index (Phi) is 5.81. The highest BCUT2D eigenvalue weighted by molar-refractivity contribution is 5.78. The van der Waals surface area contributed by atoms with Crippen LogP contribution in [0.15, 0.2) is 48.5 Å². The maximum absolute atomic E-state index is 13.0. The van der Waals surface area contributed by atoms with Crippen LogP contribution in [0.25, 0.3) is 11.1 Å². The molecule has 0 aliphatic heterocycles. The van der Waals surface area contributed by atoms with Gasteiger partial charge in [-0.1, -0.05) is 36.4 Å². The molecule has 140 valence electrons. The fraction of sp³-hybridized carbons (Fsp3) is 0.350. The lowest BCUT2D eigenvalue weighted by atomic mass is 9.91. The lowest BCUT2D eigenvalue weighted by molar-refractivity contribution is -0.248. The van der Waals surface area contributed by atoms with Crippen LogP contribution in [0, 0.1) is 5.82 Å². The molecule has 0 aliphatic carbocycles. The maximum Gasteiger partial charge on any atom is 0.341 e. The van der Waals surface area contributed by atoms with Gasteiger partial charge in [0.25, 0.3) is 0 Å². The number of aliphatic hydroxyl groups is 2. The fourth-order valence-corrected chi connectivity index (χ4v) is 2.72. The summed E-state index contributed by atoms with van der Waals surface area (Å²) in [6.07, 6.45) is -2.42. The van der Waals surface area contributed by atoms with Gasteiger partial charge in [0.15, 0.2) is 6.29 Å². The predicted octanol–water partition coefficient (Wildman–Crippen LogP) is 2.98. The van der Waals surface area contributed by atoms with Gasteiger partial charge in [0, 0.05) is 6.42 Å². The summed E-state index contributed by atoms with van der Waals surface area (Å²) >= 11 is 0. The summed E-state index contributed by atoms with van der Waals surface area (Å²) in [6, 6.07) is 12.9. The summed E-state index contributed by atoms with van der Waals surface area (Å²) in [5.41, 5.74) is -0.867. The molecule has 2 rings (SSSR count). The summed E-state index contributed by atoms with van der Waals surface area (Å²) in [4.78, 5) is 11.8. The number of rotatable bonds is 6. The normalized spacial score (nSPS) is 14.3. The van der Waals surface area contributed by atoms with Crippen LogP contribution in [0.4, 0.5) is 4.39 Å². The van der Waals surface area contributed by atoms with Gasteiger partial charge in [0.1, 0.15) is 5.82 Å². The van der Waals surface area contributed by atoms with E-state index in [1.54, 1.807) is 57.2 Å². The van der Waals surface area contributed by atoms with Crippen LogP contribution < -0.4 is 0 Å². The van der Waals surface area contributed by atoms with Gasteiger partial charge in [-0.05, 0) is 49.6 Å². The average Bonchev–Trinajstić information content (AvgIpc) is 2.54. The number of carbonyl (C=O) groups is 1. The van der Waals surface area contributed by atoms with Gasteiger partial charge < -0.3 is 20.1 Å². The molecule has 0 aliphatic rings. The van der Waals surface area contributed by atoms with Crippen molar-refractivity contribution >= 4 is 5.97 Å². The molecule has 6 heteroatoms. The van der Waals surface area contributed by atoms with Crippen molar-refractivity contribution in [3.8, 4) is 11.1 Å². The molecule has 0 aromatic heterocycles. The molecule has 2 aromatic rings. The van der Waals surface area contributed by atoms with Gasteiger partial charge in [-0.15, -0.1) is 0 Å². The molecule has 1 atom stereocenters. The molecule has 0 heterocycles. The van der Waals surface area contributed by atoms with Crippen molar-refractivity contribution < 1.29 is 29.2 Å². The average molecular weight is 362 g/mol. The van der Waals surface area contributed by atoms with Gasteiger partial charge in [-0.25, -0.2) is 9.18 Å². The molecule has 0 bridgehead atoms. The van der Waals surface area contributed by atoms with Gasteiger partial charge in [0.05, 0.1) is 5.60 Å². The number of halogens is 1. The molecule has 0 spiro atoms. The third kappa shape index (κ3) is 4.66. The van der Waals surface area contributed by atoms with Gasteiger partial charge in [0.2, 0.25) is 5.60 Å². The highest BCUT2D eigenvalue weighted by Gasteiger charge is 2.49. The second-order valence-electron chi connectivity index (χ2n) is 7.16. The van der Waals surface area contributed by atoms with E-state index in [-0.39, 0.29) is 12.2 Å². The third-order valence-corrected chi connectivity index (χ3v) is 3.87. The number of ether oxygens (including phenoxy) is 1. The molecule has 0 saturated carbocycles. The SMILES string of the molecule is CC(C)(C)OC(Cc1ccc(-c2ccc(F)cc2)cc1)(C(=O)O)C(O)O. The number of aliphatic carboxylic acids is 1. The van der Waals surface area contributed by atoms with Gasteiger partial charge >= 0.3 is 5.97 Å². The fourth-order valence-electron chi connectivity index (χ4n) is 2.72. The number of benzene rings is 2. The van der Waals surface area contributed by atoms with Crippen LogP contribution in [0.3, 0.4) is 0 Å². The van der Waals surface area contributed by atoms with E-state index in [9.17, 15) is 24.5 Å². The Labute approximate surface area is 151 Å². The Bertz CT molecular complexity index is 747. The smallest absolute Gasteiger partial charge is 0.341 e. The van der Waals surface area contributed by atoms with E-state index in [0.29, 0.717) is 5.56 Å². The van der Waals surface area contributed by atoms with E-state index >= 15 is 0 Å². The van der Waals surface area contributed by atoms with Gasteiger partial charge in [-0.3, -0.25) is 0 Å². The van der Waals surface area contributed by atoms with E-state index in [1.807, 2.05) is 0 Å². The summed E-state index contributed by atoms with van der Waals surface area (Å²) in [5.74, 6) is -1.78. The molecule has 3 N–H and O–H groups in total. The Morgan fingerprint density at radius 3 is 1.85 bits per heavy atom. The number of carboxylic acids is 1. The van der Waals surface area contributed by atoms with Crippen LogP contribution in [0.5, 0.6) is 0 Å². The highest BCUT2D eigenvalue weighted by Crippen LogP contribution is 2.29. The lowest BCUT2D eigenvalue weighted by Crippen LogP contribution is -2.56. The Morgan fingerprint density at radius 1 is 1.00 bits per heavy atom. The van der Waals surface area contributed by atoms with E-state index in [1.165, 1.54) is 12.1 Å². The Balaban J connectivity index is 2.31. The molecule has 0 amide bonds. The molecule has 1 unspecified atom stereocenters. The van der Waals surface area contributed by atoms with Crippen molar-refractivity contribution in [1.82, 2.24) is 0 Å². The molecule has 0 radical (unpaired) electrons. The molecule has 0 fully saturated rings. The molecule has 26 heavy (non-hydrogen) atoms. The minimum absolute atomic E-state index is 0.221. The second kappa shape index (κ2) is 7.53. The first-order chi connectivity index (χ1) is 12.0. The number of hydrogen-bond donors (Lipinski definition) is 3. The summed E-state index contributed by atoms with van der Waals surface area (Å²) in [6.45, 7) is 4.93. The number of aliphatic hydroxyl groups excluding tert-OH is 1.